The Labute approximate surface area is 160 Å². The molecule has 7 nitrogen and oxygen atoms in total. The lowest BCUT2D eigenvalue weighted by Gasteiger charge is -2.28. The van der Waals surface area contributed by atoms with Crippen molar-refractivity contribution in [2.45, 2.75) is 70.1 Å². The lowest BCUT2D eigenvalue weighted by molar-refractivity contribution is -0.133. The minimum absolute atomic E-state index is 0.0210. The number of ketones is 2. The molecular weight excluding hydrogens is 348 g/mol. The molecule has 0 aromatic heterocycles. The zero-order chi connectivity index (χ0) is 19.2. The molecule has 2 unspecified atom stereocenters. The summed E-state index contributed by atoms with van der Waals surface area (Å²) in [6.07, 6.45) is 6.45. The van der Waals surface area contributed by atoms with Crippen LogP contribution in [0.2, 0.25) is 0 Å². The molecule has 3 rings (SSSR count). The summed E-state index contributed by atoms with van der Waals surface area (Å²) in [7, 11) is 0. The molecule has 0 bridgehead atoms. The van der Waals surface area contributed by atoms with E-state index in [1.54, 1.807) is 6.92 Å². The van der Waals surface area contributed by atoms with Crippen LogP contribution in [0.3, 0.4) is 0 Å². The molecule has 0 aromatic rings. The van der Waals surface area contributed by atoms with Gasteiger partial charge in [0.15, 0.2) is 11.6 Å². The molecule has 152 valence electrons. The Kier molecular flexibility index (Phi) is 7.38. The molecule has 7 heteroatoms. The van der Waals surface area contributed by atoms with Crippen molar-refractivity contribution in [2.24, 2.45) is 11.8 Å². The predicted octanol–water partition coefficient (Wildman–Crippen LogP) is 0.993. The summed E-state index contributed by atoms with van der Waals surface area (Å²) < 4.78 is 10.7. The van der Waals surface area contributed by atoms with Gasteiger partial charge in [-0.2, -0.15) is 0 Å². The Balaban J connectivity index is 1.63. The largest absolute Gasteiger partial charge is 0.378 e. The van der Waals surface area contributed by atoms with Crippen LogP contribution >= 0.6 is 0 Å². The predicted molar refractivity (Wildman–Crippen MR) is 99.3 cm³/mol. The molecule has 27 heavy (non-hydrogen) atoms. The third kappa shape index (κ3) is 5.59. The number of carbonyl (C=O) groups excluding carboxylic acids is 3. The molecule has 4 atom stereocenters. The fraction of sp³-hybridized carbons (Fsp3) is 0.850. The van der Waals surface area contributed by atoms with Crippen LogP contribution in [0, 0.1) is 11.8 Å². The van der Waals surface area contributed by atoms with Crippen molar-refractivity contribution in [1.29, 1.82) is 0 Å². The summed E-state index contributed by atoms with van der Waals surface area (Å²) in [5, 5.41) is 6.03. The Hall–Kier alpha value is -1.31. The highest BCUT2D eigenvalue weighted by Gasteiger charge is 2.37. The van der Waals surface area contributed by atoms with Gasteiger partial charge < -0.3 is 20.1 Å². The maximum atomic E-state index is 13.0. The Morgan fingerprint density at radius 3 is 2.67 bits per heavy atom. The molecule has 2 aliphatic heterocycles. The van der Waals surface area contributed by atoms with Gasteiger partial charge in [0, 0.05) is 18.9 Å². The van der Waals surface area contributed by atoms with Crippen LogP contribution in [0.25, 0.3) is 0 Å². The van der Waals surface area contributed by atoms with Crippen LogP contribution in [0.5, 0.6) is 0 Å². The van der Waals surface area contributed by atoms with E-state index in [4.69, 9.17) is 9.47 Å². The number of hydrogen-bond donors (Lipinski definition) is 2. The normalized spacial score (nSPS) is 30.9. The molecular formula is C20H32N2O5. The van der Waals surface area contributed by atoms with Crippen molar-refractivity contribution in [3.63, 3.8) is 0 Å². The van der Waals surface area contributed by atoms with Gasteiger partial charge >= 0.3 is 0 Å². The second-order valence-corrected chi connectivity index (χ2v) is 8.16. The highest BCUT2D eigenvalue weighted by Crippen LogP contribution is 2.31. The molecule has 2 saturated heterocycles. The van der Waals surface area contributed by atoms with E-state index in [0.717, 1.165) is 12.8 Å². The van der Waals surface area contributed by atoms with E-state index in [1.807, 2.05) is 0 Å². The first-order valence-corrected chi connectivity index (χ1v) is 10.3. The van der Waals surface area contributed by atoms with Gasteiger partial charge in [-0.1, -0.05) is 32.1 Å². The number of Topliss-reactive ketones (excluding diaryl/α,β-unsaturated/α-hetero) is 2. The van der Waals surface area contributed by atoms with Crippen LogP contribution in [-0.4, -0.2) is 62.0 Å². The maximum absolute atomic E-state index is 13.0. The quantitative estimate of drug-likeness (QED) is 0.684. The summed E-state index contributed by atoms with van der Waals surface area (Å²) in [6, 6.07) is -0.937. The molecule has 0 aromatic carbocycles. The number of nitrogens with one attached hydrogen (secondary N) is 2. The topological polar surface area (TPSA) is 93.7 Å². The van der Waals surface area contributed by atoms with E-state index in [1.165, 1.54) is 19.3 Å². The number of hydrogen-bond acceptors (Lipinski definition) is 6. The van der Waals surface area contributed by atoms with Crippen LogP contribution < -0.4 is 10.6 Å². The van der Waals surface area contributed by atoms with E-state index < -0.39 is 12.0 Å². The van der Waals surface area contributed by atoms with Crippen molar-refractivity contribution < 1.29 is 23.9 Å². The van der Waals surface area contributed by atoms with Crippen LogP contribution in [0.4, 0.5) is 0 Å². The van der Waals surface area contributed by atoms with Crippen molar-refractivity contribution in [2.75, 3.05) is 26.4 Å². The van der Waals surface area contributed by atoms with Crippen molar-refractivity contribution in [1.82, 2.24) is 10.6 Å². The average molecular weight is 380 g/mol. The highest BCUT2D eigenvalue weighted by molar-refractivity contribution is 5.94. The average Bonchev–Trinajstić information content (AvgIpc) is 3.01. The van der Waals surface area contributed by atoms with Crippen molar-refractivity contribution in [3.05, 3.63) is 0 Å². The lowest BCUT2D eigenvalue weighted by atomic mass is 9.80. The number of carbonyl (C=O) groups is 3. The molecule has 1 saturated carbocycles. The molecule has 0 radical (unpaired) electrons. The van der Waals surface area contributed by atoms with Crippen molar-refractivity contribution >= 4 is 17.5 Å². The zero-order valence-electron chi connectivity index (χ0n) is 16.2. The minimum atomic E-state index is -0.599. The van der Waals surface area contributed by atoms with E-state index in [2.05, 4.69) is 10.6 Å². The van der Waals surface area contributed by atoms with Gasteiger partial charge in [0.25, 0.3) is 0 Å². The monoisotopic (exact) mass is 380 g/mol. The number of rotatable bonds is 7. The first-order chi connectivity index (χ1) is 13.0. The SMILES string of the molecule is CC1OCC(=O)C1NC(=O)[C@H](CC(=O)[C@@H]1COCCN1)CC1CCCCC1. The second-order valence-electron chi connectivity index (χ2n) is 8.16. The highest BCUT2D eigenvalue weighted by atomic mass is 16.5. The summed E-state index contributed by atoms with van der Waals surface area (Å²) in [4.78, 5) is 37.6. The molecule has 2 N–H and O–H groups in total. The molecule has 1 amide bonds. The van der Waals surface area contributed by atoms with Gasteiger partial charge in [-0.05, 0) is 19.3 Å². The van der Waals surface area contributed by atoms with Crippen molar-refractivity contribution in [3.8, 4) is 0 Å². The molecule has 2 heterocycles. The Morgan fingerprint density at radius 2 is 2.04 bits per heavy atom. The third-order valence-electron chi connectivity index (χ3n) is 6.07. The third-order valence-corrected chi connectivity index (χ3v) is 6.07. The first-order valence-electron chi connectivity index (χ1n) is 10.3. The van der Waals surface area contributed by atoms with E-state index in [9.17, 15) is 14.4 Å². The fourth-order valence-corrected chi connectivity index (χ4v) is 4.40. The van der Waals surface area contributed by atoms with Crippen LogP contribution in [0.15, 0.2) is 0 Å². The molecule has 0 spiro atoms. The summed E-state index contributed by atoms with van der Waals surface area (Å²) in [5.41, 5.74) is 0. The standard InChI is InChI=1S/C20H32N2O5/c1-13-19(18(24)12-27-13)22-20(25)15(9-14-5-3-2-4-6-14)10-17(23)16-11-26-8-7-21-16/h13-16,19,21H,2-12H2,1H3,(H,22,25)/t13?,15-,16-,19?/m0/s1. The smallest absolute Gasteiger partial charge is 0.224 e. The zero-order valence-corrected chi connectivity index (χ0v) is 16.2. The minimum Gasteiger partial charge on any atom is -0.378 e. The van der Waals surface area contributed by atoms with Gasteiger partial charge in [0.1, 0.15) is 12.6 Å². The van der Waals surface area contributed by atoms with Crippen LogP contribution in [-0.2, 0) is 23.9 Å². The van der Waals surface area contributed by atoms with E-state index in [-0.39, 0.29) is 42.6 Å². The first kappa shape index (κ1) is 20.4. The van der Waals surface area contributed by atoms with Gasteiger partial charge in [-0.15, -0.1) is 0 Å². The van der Waals surface area contributed by atoms with E-state index in [0.29, 0.717) is 32.1 Å². The fourth-order valence-electron chi connectivity index (χ4n) is 4.40. The van der Waals surface area contributed by atoms with Gasteiger partial charge in [-0.25, -0.2) is 0 Å². The summed E-state index contributed by atoms with van der Waals surface area (Å²) in [6.45, 7) is 3.46. The molecule has 1 aliphatic carbocycles. The van der Waals surface area contributed by atoms with Gasteiger partial charge in [-0.3, -0.25) is 14.4 Å². The van der Waals surface area contributed by atoms with Crippen LogP contribution in [0.1, 0.15) is 51.9 Å². The Bertz CT molecular complexity index is 540. The lowest BCUT2D eigenvalue weighted by Crippen LogP contribution is -2.49. The molecule has 3 aliphatic rings. The number of ether oxygens (including phenoxy) is 2. The number of morpholine rings is 1. The van der Waals surface area contributed by atoms with Gasteiger partial charge in [0.2, 0.25) is 5.91 Å². The number of amides is 1. The Morgan fingerprint density at radius 1 is 1.26 bits per heavy atom. The van der Waals surface area contributed by atoms with Gasteiger partial charge in [0.05, 0.1) is 25.4 Å². The second kappa shape index (κ2) is 9.75. The summed E-state index contributed by atoms with van der Waals surface area (Å²) in [5.74, 6) is -0.189. The molecule has 3 fully saturated rings. The summed E-state index contributed by atoms with van der Waals surface area (Å²) >= 11 is 0. The maximum Gasteiger partial charge on any atom is 0.224 e. The van der Waals surface area contributed by atoms with E-state index >= 15 is 0 Å².